The van der Waals surface area contributed by atoms with Crippen molar-refractivity contribution in [1.82, 2.24) is 15.6 Å². The first kappa shape index (κ1) is 22.0. The summed E-state index contributed by atoms with van der Waals surface area (Å²) in [6.07, 6.45) is 3.72. The third kappa shape index (κ3) is 7.37. The van der Waals surface area contributed by atoms with Crippen LogP contribution in [0.4, 0.5) is 4.39 Å². The van der Waals surface area contributed by atoms with Crippen LogP contribution in [0, 0.1) is 5.82 Å². The SMILES string of the molecule is CN=C(NCc1ccc(Cl)nc1)NCc1ccc(F)cc1CSC.I. The highest BCUT2D eigenvalue weighted by atomic mass is 127. The molecule has 0 aliphatic heterocycles. The van der Waals surface area contributed by atoms with Crippen LogP contribution in [0.15, 0.2) is 41.5 Å². The Balaban J connectivity index is 0.00000312. The second-order valence-electron chi connectivity index (χ2n) is 5.11. The van der Waals surface area contributed by atoms with E-state index < -0.39 is 0 Å². The molecule has 0 fully saturated rings. The van der Waals surface area contributed by atoms with Gasteiger partial charge in [0, 0.05) is 32.1 Å². The molecular formula is C17H21ClFIN4S. The summed E-state index contributed by atoms with van der Waals surface area (Å²) < 4.78 is 13.4. The van der Waals surface area contributed by atoms with Crippen LogP contribution in [-0.2, 0) is 18.8 Å². The zero-order chi connectivity index (χ0) is 17.4. The molecule has 0 amide bonds. The largest absolute Gasteiger partial charge is 0.352 e. The zero-order valence-corrected chi connectivity index (χ0v) is 18.0. The van der Waals surface area contributed by atoms with Crippen LogP contribution in [0.1, 0.15) is 16.7 Å². The molecule has 0 aliphatic carbocycles. The van der Waals surface area contributed by atoms with E-state index in [1.165, 1.54) is 6.07 Å². The Bertz CT molecular complexity index is 698. The molecule has 0 saturated heterocycles. The van der Waals surface area contributed by atoms with Gasteiger partial charge in [-0.25, -0.2) is 9.37 Å². The molecule has 2 N–H and O–H groups in total. The molecule has 0 bridgehead atoms. The van der Waals surface area contributed by atoms with Gasteiger partial charge in [0.1, 0.15) is 11.0 Å². The first-order valence-electron chi connectivity index (χ1n) is 7.43. The summed E-state index contributed by atoms with van der Waals surface area (Å²) in [6.45, 7) is 1.17. The maximum Gasteiger partial charge on any atom is 0.191 e. The smallest absolute Gasteiger partial charge is 0.191 e. The van der Waals surface area contributed by atoms with Gasteiger partial charge in [-0.2, -0.15) is 11.8 Å². The minimum absolute atomic E-state index is 0. The van der Waals surface area contributed by atoms with Crippen molar-refractivity contribution in [2.75, 3.05) is 13.3 Å². The molecule has 1 aromatic heterocycles. The maximum absolute atomic E-state index is 13.4. The predicted molar refractivity (Wildman–Crippen MR) is 115 cm³/mol. The first-order valence-corrected chi connectivity index (χ1v) is 9.20. The van der Waals surface area contributed by atoms with Gasteiger partial charge in [-0.3, -0.25) is 4.99 Å². The number of benzene rings is 1. The number of hydrogen-bond acceptors (Lipinski definition) is 3. The molecule has 1 heterocycles. The van der Waals surface area contributed by atoms with Crippen molar-refractivity contribution in [3.05, 3.63) is 64.2 Å². The molecule has 8 heteroatoms. The summed E-state index contributed by atoms with van der Waals surface area (Å²) in [7, 11) is 1.71. The molecule has 0 aliphatic rings. The third-order valence-electron chi connectivity index (χ3n) is 3.39. The van der Waals surface area contributed by atoms with Crippen molar-refractivity contribution in [3.63, 3.8) is 0 Å². The summed E-state index contributed by atoms with van der Waals surface area (Å²) in [5.74, 6) is 1.24. The van der Waals surface area contributed by atoms with E-state index in [0.717, 1.165) is 22.4 Å². The Morgan fingerprint density at radius 1 is 1.20 bits per heavy atom. The van der Waals surface area contributed by atoms with E-state index in [0.29, 0.717) is 24.2 Å². The van der Waals surface area contributed by atoms with E-state index in [-0.39, 0.29) is 29.8 Å². The molecular weight excluding hydrogens is 474 g/mol. The normalized spacial score (nSPS) is 11.0. The van der Waals surface area contributed by atoms with E-state index in [4.69, 9.17) is 11.6 Å². The fraction of sp³-hybridized carbons (Fsp3) is 0.294. The van der Waals surface area contributed by atoms with Crippen LogP contribution >= 0.6 is 47.3 Å². The average molecular weight is 495 g/mol. The molecule has 2 aromatic rings. The van der Waals surface area contributed by atoms with Crippen molar-refractivity contribution in [1.29, 1.82) is 0 Å². The number of guanidine groups is 1. The topological polar surface area (TPSA) is 49.3 Å². The molecule has 136 valence electrons. The van der Waals surface area contributed by atoms with Crippen molar-refractivity contribution in [3.8, 4) is 0 Å². The van der Waals surface area contributed by atoms with Crippen LogP contribution in [0.3, 0.4) is 0 Å². The second-order valence-corrected chi connectivity index (χ2v) is 6.37. The van der Waals surface area contributed by atoms with Gasteiger partial charge in [0.05, 0.1) is 0 Å². The number of pyridine rings is 1. The standard InChI is InChI=1S/C17H20ClFN4S.HI/c1-20-17(22-9-12-3-6-16(18)21-8-12)23-10-13-4-5-15(19)7-14(13)11-24-2;/h3-8H,9-11H2,1-2H3,(H2,20,22,23);1H. The van der Waals surface area contributed by atoms with Crippen LogP contribution in [-0.4, -0.2) is 24.2 Å². The lowest BCUT2D eigenvalue weighted by atomic mass is 10.1. The fourth-order valence-corrected chi connectivity index (χ4v) is 2.84. The van der Waals surface area contributed by atoms with E-state index in [9.17, 15) is 4.39 Å². The highest BCUT2D eigenvalue weighted by Crippen LogP contribution is 2.16. The van der Waals surface area contributed by atoms with Gasteiger partial charge < -0.3 is 10.6 Å². The van der Waals surface area contributed by atoms with Crippen LogP contribution < -0.4 is 10.6 Å². The van der Waals surface area contributed by atoms with Gasteiger partial charge in [0.2, 0.25) is 0 Å². The van der Waals surface area contributed by atoms with Crippen molar-refractivity contribution in [2.24, 2.45) is 4.99 Å². The number of aliphatic imine (C=N–C) groups is 1. The van der Waals surface area contributed by atoms with Crippen molar-refractivity contribution >= 4 is 53.3 Å². The van der Waals surface area contributed by atoms with Crippen LogP contribution in [0.25, 0.3) is 0 Å². The number of thioether (sulfide) groups is 1. The summed E-state index contributed by atoms with van der Waals surface area (Å²) in [4.78, 5) is 8.24. The number of aromatic nitrogens is 1. The minimum atomic E-state index is -0.208. The Kier molecular flexibility index (Phi) is 10.1. The van der Waals surface area contributed by atoms with Gasteiger partial charge in [0.25, 0.3) is 0 Å². The molecule has 2 rings (SSSR count). The summed E-state index contributed by atoms with van der Waals surface area (Å²) in [5, 5.41) is 6.93. The molecule has 0 atom stereocenters. The molecule has 0 saturated carbocycles. The van der Waals surface area contributed by atoms with E-state index in [1.54, 1.807) is 37.1 Å². The van der Waals surface area contributed by atoms with Crippen molar-refractivity contribution < 1.29 is 4.39 Å². The Labute approximate surface area is 174 Å². The second kappa shape index (κ2) is 11.5. The molecule has 25 heavy (non-hydrogen) atoms. The summed E-state index contributed by atoms with van der Waals surface area (Å²) in [5.41, 5.74) is 3.06. The van der Waals surface area contributed by atoms with Crippen molar-refractivity contribution in [2.45, 2.75) is 18.8 Å². The lowest BCUT2D eigenvalue weighted by Crippen LogP contribution is -2.36. The molecule has 0 unspecified atom stereocenters. The summed E-state index contributed by atoms with van der Waals surface area (Å²) in [6, 6.07) is 8.54. The lowest BCUT2D eigenvalue weighted by Gasteiger charge is -2.14. The quantitative estimate of drug-likeness (QED) is 0.273. The maximum atomic E-state index is 13.4. The highest BCUT2D eigenvalue weighted by molar-refractivity contribution is 14.0. The number of nitrogens with one attached hydrogen (secondary N) is 2. The average Bonchev–Trinajstić information content (AvgIpc) is 2.58. The van der Waals surface area contributed by atoms with Crippen LogP contribution in [0.5, 0.6) is 0 Å². The zero-order valence-electron chi connectivity index (χ0n) is 14.1. The predicted octanol–water partition coefficient (Wildman–Crippen LogP) is 4.22. The van der Waals surface area contributed by atoms with Gasteiger partial charge >= 0.3 is 0 Å². The van der Waals surface area contributed by atoms with Gasteiger partial charge in [-0.05, 0) is 41.1 Å². The molecule has 1 aromatic carbocycles. The molecule has 4 nitrogen and oxygen atoms in total. The number of rotatable bonds is 6. The number of halogens is 3. The number of hydrogen-bond donors (Lipinski definition) is 2. The van der Waals surface area contributed by atoms with E-state index >= 15 is 0 Å². The number of nitrogens with zero attached hydrogens (tertiary/aromatic N) is 2. The molecule has 0 radical (unpaired) electrons. The van der Waals surface area contributed by atoms with E-state index in [1.807, 2.05) is 18.4 Å². The van der Waals surface area contributed by atoms with Gasteiger partial charge in [-0.1, -0.05) is 23.7 Å². The Morgan fingerprint density at radius 2 is 1.96 bits per heavy atom. The first-order chi connectivity index (χ1) is 11.6. The van der Waals surface area contributed by atoms with Gasteiger partial charge in [0.15, 0.2) is 5.96 Å². The fourth-order valence-electron chi connectivity index (χ4n) is 2.15. The lowest BCUT2D eigenvalue weighted by molar-refractivity contribution is 0.625. The Morgan fingerprint density at radius 3 is 2.60 bits per heavy atom. The minimum Gasteiger partial charge on any atom is -0.352 e. The Hall–Kier alpha value is -1.06. The molecule has 0 spiro atoms. The van der Waals surface area contributed by atoms with E-state index in [2.05, 4.69) is 20.6 Å². The third-order valence-corrected chi connectivity index (χ3v) is 4.21. The summed E-state index contributed by atoms with van der Waals surface area (Å²) >= 11 is 7.44. The van der Waals surface area contributed by atoms with Gasteiger partial charge in [-0.15, -0.1) is 24.0 Å². The monoisotopic (exact) mass is 494 g/mol. The van der Waals surface area contributed by atoms with Crippen LogP contribution in [0.2, 0.25) is 5.15 Å². The highest BCUT2D eigenvalue weighted by Gasteiger charge is 2.05.